The van der Waals surface area contributed by atoms with Crippen LogP contribution in [0.3, 0.4) is 0 Å². The summed E-state index contributed by atoms with van der Waals surface area (Å²) in [5.41, 5.74) is 5.07. The molecule has 0 amide bonds. The Kier molecular flexibility index (Phi) is 5.82. The van der Waals surface area contributed by atoms with Crippen molar-refractivity contribution in [2.45, 2.75) is 40.3 Å². The van der Waals surface area contributed by atoms with Gasteiger partial charge >= 0.3 is 0 Å². The van der Waals surface area contributed by atoms with E-state index in [0.29, 0.717) is 6.61 Å². The molecule has 0 saturated heterocycles. The van der Waals surface area contributed by atoms with Crippen molar-refractivity contribution in [2.75, 3.05) is 6.54 Å². The molecule has 0 unspecified atom stereocenters. The molecule has 0 aliphatic rings. The van der Waals surface area contributed by atoms with Crippen LogP contribution in [-0.4, -0.2) is 6.54 Å². The van der Waals surface area contributed by atoms with Gasteiger partial charge in [-0.15, -0.1) is 0 Å². The molecule has 0 bridgehead atoms. The lowest BCUT2D eigenvalue weighted by Crippen LogP contribution is -2.14. The largest absolute Gasteiger partial charge is 0.489 e. The van der Waals surface area contributed by atoms with Crippen molar-refractivity contribution in [1.82, 2.24) is 5.32 Å². The average molecular weight is 283 g/mol. The number of para-hydroxylation sites is 1. The van der Waals surface area contributed by atoms with Crippen molar-refractivity contribution in [1.29, 1.82) is 0 Å². The molecule has 112 valence electrons. The van der Waals surface area contributed by atoms with E-state index in [0.717, 1.165) is 25.3 Å². The molecule has 2 aromatic carbocycles. The normalized spacial score (nSPS) is 10.6. The highest BCUT2D eigenvalue weighted by molar-refractivity contribution is 5.34. The lowest BCUT2D eigenvalue weighted by Gasteiger charge is -2.13. The number of nitrogens with one attached hydrogen (secondary N) is 1. The monoisotopic (exact) mass is 283 g/mol. The fourth-order valence-corrected chi connectivity index (χ4v) is 2.24. The zero-order chi connectivity index (χ0) is 15.1. The molecule has 0 heterocycles. The third-order valence-electron chi connectivity index (χ3n) is 3.68. The summed E-state index contributed by atoms with van der Waals surface area (Å²) in [7, 11) is 0. The fourth-order valence-electron chi connectivity index (χ4n) is 2.24. The van der Waals surface area contributed by atoms with Crippen LogP contribution in [0.25, 0.3) is 0 Å². The summed E-state index contributed by atoms with van der Waals surface area (Å²) in [6, 6.07) is 14.8. The third kappa shape index (κ3) is 4.61. The van der Waals surface area contributed by atoms with Crippen molar-refractivity contribution in [3.8, 4) is 5.75 Å². The summed E-state index contributed by atoms with van der Waals surface area (Å²) in [4.78, 5) is 0. The Morgan fingerprint density at radius 1 is 1.00 bits per heavy atom. The van der Waals surface area contributed by atoms with Gasteiger partial charge in [0.05, 0.1) is 0 Å². The highest BCUT2D eigenvalue weighted by atomic mass is 16.5. The topological polar surface area (TPSA) is 21.3 Å². The van der Waals surface area contributed by atoms with Crippen LogP contribution in [0.5, 0.6) is 5.75 Å². The van der Waals surface area contributed by atoms with E-state index in [9.17, 15) is 0 Å². The molecule has 2 heteroatoms. The number of benzene rings is 2. The van der Waals surface area contributed by atoms with Gasteiger partial charge in [-0.3, -0.25) is 0 Å². The molecule has 0 spiro atoms. The van der Waals surface area contributed by atoms with Crippen LogP contribution in [0.2, 0.25) is 0 Å². The molecular formula is C19H25NO. The van der Waals surface area contributed by atoms with Crippen LogP contribution in [0.15, 0.2) is 42.5 Å². The molecule has 0 aliphatic carbocycles. The van der Waals surface area contributed by atoms with Crippen LogP contribution in [-0.2, 0) is 13.2 Å². The maximum Gasteiger partial charge on any atom is 0.124 e. The maximum absolute atomic E-state index is 6.01. The summed E-state index contributed by atoms with van der Waals surface area (Å²) in [6.07, 6.45) is 1.14. The molecular weight excluding hydrogens is 258 g/mol. The van der Waals surface area contributed by atoms with Gasteiger partial charge in [-0.1, -0.05) is 43.3 Å². The molecule has 0 atom stereocenters. The van der Waals surface area contributed by atoms with Crippen LogP contribution >= 0.6 is 0 Å². The van der Waals surface area contributed by atoms with Gasteiger partial charge in [-0.2, -0.15) is 0 Å². The minimum Gasteiger partial charge on any atom is -0.489 e. The minimum atomic E-state index is 0.617. The van der Waals surface area contributed by atoms with Crippen LogP contribution in [0.1, 0.15) is 35.6 Å². The molecule has 2 rings (SSSR count). The van der Waals surface area contributed by atoms with Crippen molar-refractivity contribution in [2.24, 2.45) is 0 Å². The zero-order valence-electron chi connectivity index (χ0n) is 13.3. The molecule has 2 nitrogen and oxygen atoms in total. The molecule has 21 heavy (non-hydrogen) atoms. The molecule has 0 fully saturated rings. The number of aryl methyl sites for hydroxylation is 2. The lowest BCUT2D eigenvalue weighted by atomic mass is 10.1. The summed E-state index contributed by atoms with van der Waals surface area (Å²) in [5, 5.41) is 3.43. The molecule has 0 aromatic heterocycles. The quantitative estimate of drug-likeness (QED) is 0.761. The highest BCUT2D eigenvalue weighted by Crippen LogP contribution is 2.20. The standard InChI is InChI=1S/C19H25NO/c1-4-11-20-13-18-7-5-6-8-19(18)21-14-17-10-9-15(2)16(3)12-17/h5-10,12,20H,4,11,13-14H2,1-3H3. The second-order valence-electron chi connectivity index (χ2n) is 5.49. The molecule has 0 aliphatic heterocycles. The Labute approximate surface area is 128 Å². The Bertz CT molecular complexity index is 578. The van der Waals surface area contributed by atoms with Gasteiger partial charge in [0, 0.05) is 12.1 Å². The van der Waals surface area contributed by atoms with E-state index in [4.69, 9.17) is 4.74 Å². The first-order chi connectivity index (χ1) is 10.2. The fraction of sp³-hybridized carbons (Fsp3) is 0.368. The Morgan fingerprint density at radius 3 is 2.57 bits per heavy atom. The van der Waals surface area contributed by atoms with Crippen molar-refractivity contribution < 1.29 is 4.74 Å². The smallest absolute Gasteiger partial charge is 0.124 e. The van der Waals surface area contributed by atoms with Gasteiger partial charge in [0.25, 0.3) is 0 Å². The summed E-state index contributed by atoms with van der Waals surface area (Å²) in [6.45, 7) is 8.96. The van der Waals surface area contributed by atoms with Gasteiger partial charge in [0.2, 0.25) is 0 Å². The average Bonchev–Trinajstić information content (AvgIpc) is 2.50. The first kappa shape index (κ1) is 15.6. The third-order valence-corrected chi connectivity index (χ3v) is 3.68. The van der Waals surface area contributed by atoms with Gasteiger partial charge < -0.3 is 10.1 Å². The Morgan fingerprint density at radius 2 is 1.81 bits per heavy atom. The summed E-state index contributed by atoms with van der Waals surface area (Å²) in [5.74, 6) is 0.972. The first-order valence-corrected chi connectivity index (χ1v) is 7.68. The van der Waals surface area contributed by atoms with Crippen molar-refractivity contribution in [3.63, 3.8) is 0 Å². The van der Waals surface area contributed by atoms with Gasteiger partial charge in [0.1, 0.15) is 12.4 Å². The SMILES string of the molecule is CCCNCc1ccccc1OCc1ccc(C)c(C)c1. The maximum atomic E-state index is 6.01. The Hall–Kier alpha value is -1.80. The van der Waals surface area contributed by atoms with Gasteiger partial charge in [-0.05, 0) is 49.6 Å². The minimum absolute atomic E-state index is 0.617. The summed E-state index contributed by atoms with van der Waals surface area (Å²) >= 11 is 0. The number of hydrogen-bond acceptors (Lipinski definition) is 2. The second kappa shape index (κ2) is 7.84. The van der Waals surface area contributed by atoms with Crippen LogP contribution in [0, 0.1) is 13.8 Å². The number of rotatable bonds is 7. The van der Waals surface area contributed by atoms with E-state index in [-0.39, 0.29) is 0 Å². The molecule has 1 N–H and O–H groups in total. The van der Waals surface area contributed by atoms with Gasteiger partial charge in [0.15, 0.2) is 0 Å². The highest BCUT2D eigenvalue weighted by Gasteiger charge is 2.03. The summed E-state index contributed by atoms with van der Waals surface area (Å²) < 4.78 is 6.01. The van der Waals surface area contributed by atoms with E-state index < -0.39 is 0 Å². The number of hydrogen-bond donors (Lipinski definition) is 1. The zero-order valence-corrected chi connectivity index (χ0v) is 13.3. The van der Waals surface area contributed by atoms with E-state index >= 15 is 0 Å². The molecule has 2 aromatic rings. The Balaban J connectivity index is 2.00. The molecule has 0 saturated carbocycles. The molecule has 0 radical (unpaired) electrons. The van der Waals surface area contributed by atoms with Crippen LogP contribution in [0.4, 0.5) is 0 Å². The van der Waals surface area contributed by atoms with Crippen molar-refractivity contribution in [3.05, 3.63) is 64.7 Å². The van der Waals surface area contributed by atoms with E-state index in [1.165, 1.54) is 22.3 Å². The number of ether oxygens (including phenoxy) is 1. The first-order valence-electron chi connectivity index (χ1n) is 7.68. The van der Waals surface area contributed by atoms with E-state index in [1.54, 1.807) is 0 Å². The van der Waals surface area contributed by atoms with Crippen LogP contribution < -0.4 is 10.1 Å². The predicted molar refractivity (Wildman–Crippen MR) is 88.7 cm³/mol. The lowest BCUT2D eigenvalue weighted by molar-refractivity contribution is 0.302. The van der Waals surface area contributed by atoms with E-state index in [1.807, 2.05) is 12.1 Å². The predicted octanol–water partition coefficient (Wildman–Crippen LogP) is 4.38. The second-order valence-corrected chi connectivity index (χ2v) is 5.49. The van der Waals surface area contributed by atoms with E-state index in [2.05, 4.69) is 56.4 Å². The van der Waals surface area contributed by atoms with Crippen molar-refractivity contribution >= 4 is 0 Å². The van der Waals surface area contributed by atoms with Gasteiger partial charge in [-0.25, -0.2) is 0 Å².